The summed E-state index contributed by atoms with van der Waals surface area (Å²) < 4.78 is 6.31. The molecule has 0 saturated carbocycles. The Morgan fingerprint density at radius 2 is 1.45 bits per heavy atom. The summed E-state index contributed by atoms with van der Waals surface area (Å²) in [5.41, 5.74) is 4.21. The standard InChI is InChI=1S/C23H27N3SSi2/c1-28(2,3)26(29(4,5)6)22-18(16-24)21(17-12-8-7-9-13-17)23-25(22)19-14-10-11-15-20(19)27-23/h7-15H,1-6H3. The SMILES string of the molecule is C[Si](C)(C)N(c1c(C#N)c(-c2ccccc2)c2sc3ccccc3n12)[Si](C)(C)C. The van der Waals surface area contributed by atoms with Crippen LogP contribution in [-0.4, -0.2) is 20.9 Å². The molecule has 0 aliphatic rings. The molecule has 2 heterocycles. The number of para-hydroxylation sites is 1. The zero-order valence-corrected chi connectivity index (χ0v) is 20.8. The minimum Gasteiger partial charge on any atom is -0.410 e. The number of anilines is 1. The van der Waals surface area contributed by atoms with Crippen LogP contribution in [-0.2, 0) is 0 Å². The Bertz CT molecular complexity index is 1220. The fraction of sp³-hybridized carbons (Fsp3) is 0.261. The predicted molar refractivity (Wildman–Crippen MR) is 132 cm³/mol. The van der Waals surface area contributed by atoms with Gasteiger partial charge < -0.3 is 4.23 Å². The van der Waals surface area contributed by atoms with Crippen molar-refractivity contribution >= 4 is 48.7 Å². The molecule has 0 amide bonds. The molecule has 0 unspecified atom stereocenters. The maximum atomic E-state index is 10.4. The smallest absolute Gasteiger partial charge is 0.139 e. The third-order valence-corrected chi connectivity index (χ3v) is 13.4. The minimum absolute atomic E-state index is 0.818. The summed E-state index contributed by atoms with van der Waals surface area (Å²) in [6, 6.07) is 21.6. The van der Waals surface area contributed by atoms with Crippen LogP contribution in [0.1, 0.15) is 5.56 Å². The van der Waals surface area contributed by atoms with Crippen molar-refractivity contribution in [1.82, 2.24) is 4.40 Å². The van der Waals surface area contributed by atoms with E-state index in [1.165, 1.54) is 15.0 Å². The molecule has 0 radical (unpaired) electrons. The van der Waals surface area contributed by atoms with E-state index in [-0.39, 0.29) is 0 Å². The number of rotatable bonds is 4. The average Bonchev–Trinajstić information content (AvgIpc) is 3.15. The van der Waals surface area contributed by atoms with E-state index in [0.717, 1.165) is 22.5 Å². The van der Waals surface area contributed by atoms with Crippen molar-refractivity contribution in [3.63, 3.8) is 0 Å². The fourth-order valence-electron chi connectivity index (χ4n) is 4.52. The van der Waals surface area contributed by atoms with Gasteiger partial charge in [-0.15, -0.1) is 11.3 Å². The number of hydrogen-bond acceptors (Lipinski definition) is 3. The molecule has 29 heavy (non-hydrogen) atoms. The van der Waals surface area contributed by atoms with Crippen LogP contribution in [0.2, 0.25) is 39.3 Å². The van der Waals surface area contributed by atoms with Gasteiger partial charge in [-0.3, -0.25) is 4.40 Å². The molecule has 148 valence electrons. The van der Waals surface area contributed by atoms with Crippen molar-refractivity contribution < 1.29 is 0 Å². The number of hydrogen-bond donors (Lipinski definition) is 0. The van der Waals surface area contributed by atoms with Crippen LogP contribution in [0, 0.1) is 11.3 Å². The molecule has 0 saturated heterocycles. The van der Waals surface area contributed by atoms with Gasteiger partial charge in [0.15, 0.2) is 0 Å². The molecular formula is C23H27N3SSi2. The highest BCUT2D eigenvalue weighted by Crippen LogP contribution is 2.46. The van der Waals surface area contributed by atoms with E-state index in [0.29, 0.717) is 0 Å². The lowest BCUT2D eigenvalue weighted by atomic mass is 10.1. The van der Waals surface area contributed by atoms with Crippen molar-refractivity contribution in [3.05, 3.63) is 60.2 Å². The fourth-order valence-corrected chi connectivity index (χ4v) is 15.5. The molecular weight excluding hydrogens is 407 g/mol. The van der Waals surface area contributed by atoms with E-state index in [2.05, 4.69) is 103 Å². The highest BCUT2D eigenvalue weighted by Gasteiger charge is 2.39. The summed E-state index contributed by atoms with van der Waals surface area (Å²) in [7, 11) is -3.50. The van der Waals surface area contributed by atoms with Crippen molar-refractivity contribution in [3.8, 4) is 17.2 Å². The van der Waals surface area contributed by atoms with Gasteiger partial charge in [-0.2, -0.15) is 5.26 Å². The maximum absolute atomic E-state index is 10.4. The molecule has 0 aliphatic carbocycles. The quantitative estimate of drug-likeness (QED) is 0.319. The molecule has 3 nitrogen and oxygen atoms in total. The van der Waals surface area contributed by atoms with Gasteiger partial charge in [-0.05, 0) is 17.7 Å². The van der Waals surface area contributed by atoms with E-state index in [1.807, 2.05) is 6.07 Å². The molecule has 0 atom stereocenters. The van der Waals surface area contributed by atoms with E-state index < -0.39 is 16.5 Å². The molecule has 0 bridgehead atoms. The summed E-state index contributed by atoms with van der Waals surface area (Å²) in [5.74, 6) is 1.11. The molecule has 4 aromatic rings. The topological polar surface area (TPSA) is 31.4 Å². The second-order valence-electron chi connectivity index (χ2n) is 9.44. The zero-order valence-electron chi connectivity index (χ0n) is 17.9. The molecule has 0 aliphatic heterocycles. The summed E-state index contributed by atoms with van der Waals surface area (Å²) >= 11 is 1.79. The summed E-state index contributed by atoms with van der Waals surface area (Å²) in [4.78, 5) is 1.17. The Morgan fingerprint density at radius 3 is 2.03 bits per heavy atom. The Hall–Kier alpha value is -2.34. The number of thiazole rings is 1. The van der Waals surface area contributed by atoms with Gasteiger partial charge in [-0.1, -0.05) is 81.7 Å². The average molecular weight is 434 g/mol. The number of nitrogens with zero attached hydrogens (tertiary/aromatic N) is 3. The Labute approximate surface area is 179 Å². The minimum atomic E-state index is -1.75. The van der Waals surface area contributed by atoms with Gasteiger partial charge in [-0.25, -0.2) is 0 Å². The highest BCUT2D eigenvalue weighted by molar-refractivity contribution is 7.24. The van der Waals surface area contributed by atoms with Crippen molar-refractivity contribution in [2.75, 3.05) is 4.23 Å². The molecule has 2 aromatic carbocycles. The predicted octanol–water partition coefficient (Wildman–Crippen LogP) is 7.17. The maximum Gasteiger partial charge on any atom is 0.139 e. The zero-order chi connectivity index (χ0) is 21.0. The molecule has 0 N–H and O–H groups in total. The summed E-state index contributed by atoms with van der Waals surface area (Å²) in [5, 5.41) is 10.4. The van der Waals surface area contributed by atoms with E-state index in [4.69, 9.17) is 0 Å². The molecule has 2 aromatic heterocycles. The van der Waals surface area contributed by atoms with Crippen molar-refractivity contribution in [1.29, 1.82) is 5.26 Å². The lowest BCUT2D eigenvalue weighted by Gasteiger charge is -2.45. The van der Waals surface area contributed by atoms with Crippen LogP contribution in [0.25, 0.3) is 26.2 Å². The van der Waals surface area contributed by atoms with Gasteiger partial charge >= 0.3 is 0 Å². The third kappa shape index (κ3) is 3.23. The van der Waals surface area contributed by atoms with Crippen LogP contribution >= 0.6 is 11.3 Å². The largest absolute Gasteiger partial charge is 0.410 e. The molecule has 6 heteroatoms. The van der Waals surface area contributed by atoms with Gasteiger partial charge in [0.25, 0.3) is 0 Å². The van der Waals surface area contributed by atoms with Crippen LogP contribution in [0.5, 0.6) is 0 Å². The number of benzene rings is 2. The monoisotopic (exact) mass is 433 g/mol. The van der Waals surface area contributed by atoms with E-state index >= 15 is 0 Å². The summed E-state index contributed by atoms with van der Waals surface area (Å²) in [6.07, 6.45) is 0. The molecule has 4 rings (SSSR count). The Balaban J connectivity index is 2.24. The molecule has 0 fully saturated rings. The Kier molecular flexibility index (Phi) is 4.73. The van der Waals surface area contributed by atoms with Gasteiger partial charge in [0, 0.05) is 5.56 Å². The van der Waals surface area contributed by atoms with Gasteiger partial charge in [0.2, 0.25) is 0 Å². The molecule has 0 spiro atoms. The van der Waals surface area contributed by atoms with E-state index in [1.54, 1.807) is 11.3 Å². The van der Waals surface area contributed by atoms with E-state index in [9.17, 15) is 5.26 Å². The van der Waals surface area contributed by atoms with Crippen LogP contribution in [0.15, 0.2) is 54.6 Å². The first-order valence-electron chi connectivity index (χ1n) is 9.96. The van der Waals surface area contributed by atoms with Crippen LogP contribution < -0.4 is 4.23 Å². The highest BCUT2D eigenvalue weighted by atomic mass is 32.1. The summed E-state index contributed by atoms with van der Waals surface area (Å²) in [6.45, 7) is 14.3. The second-order valence-corrected chi connectivity index (χ2v) is 20.5. The van der Waals surface area contributed by atoms with Crippen LogP contribution in [0.4, 0.5) is 5.82 Å². The van der Waals surface area contributed by atoms with Crippen molar-refractivity contribution in [2.24, 2.45) is 0 Å². The number of nitriles is 1. The lowest BCUT2D eigenvalue weighted by molar-refractivity contribution is 1.21. The number of fused-ring (bicyclic) bond motifs is 3. The van der Waals surface area contributed by atoms with Crippen molar-refractivity contribution in [2.45, 2.75) is 39.3 Å². The normalized spacial score (nSPS) is 12.4. The second kappa shape index (κ2) is 6.87. The first-order chi connectivity index (χ1) is 13.6. The Morgan fingerprint density at radius 1 is 0.862 bits per heavy atom. The van der Waals surface area contributed by atoms with Gasteiger partial charge in [0.1, 0.15) is 38.8 Å². The first-order valence-corrected chi connectivity index (χ1v) is 17.7. The third-order valence-electron chi connectivity index (χ3n) is 5.14. The number of aromatic nitrogens is 1. The van der Waals surface area contributed by atoms with Crippen LogP contribution in [0.3, 0.4) is 0 Å². The first kappa shape index (κ1) is 20.0. The lowest BCUT2D eigenvalue weighted by Crippen LogP contribution is -2.60. The van der Waals surface area contributed by atoms with Gasteiger partial charge in [0.05, 0.1) is 10.2 Å².